The number of hydrogen-bond acceptors (Lipinski definition) is 2. The molecule has 2 N–H and O–H groups in total. The Bertz CT molecular complexity index is 551. The van der Waals surface area contributed by atoms with Crippen molar-refractivity contribution >= 4 is 27.5 Å². The summed E-state index contributed by atoms with van der Waals surface area (Å²) >= 11 is 9.70. The molecule has 18 heavy (non-hydrogen) atoms. The van der Waals surface area contributed by atoms with Gasteiger partial charge >= 0.3 is 0 Å². The van der Waals surface area contributed by atoms with Gasteiger partial charge in [0.15, 0.2) is 0 Å². The zero-order chi connectivity index (χ0) is 13.3. The molecule has 0 saturated heterocycles. The lowest BCUT2D eigenvalue weighted by atomic mass is 10.0. The molecular weight excluding hydrogens is 314 g/mol. The number of nitrogens with zero attached hydrogens (tertiary/aromatic N) is 2. The van der Waals surface area contributed by atoms with Gasteiger partial charge in [0, 0.05) is 11.1 Å². The van der Waals surface area contributed by atoms with E-state index in [1.165, 1.54) is 0 Å². The maximum Gasteiger partial charge on any atom is 0.0749 e. The van der Waals surface area contributed by atoms with E-state index < -0.39 is 0 Å². The van der Waals surface area contributed by atoms with Crippen molar-refractivity contribution in [3.63, 3.8) is 0 Å². The third-order valence-electron chi connectivity index (χ3n) is 2.81. The molecule has 0 bridgehead atoms. The molecule has 0 aliphatic heterocycles. The lowest BCUT2D eigenvalue weighted by molar-refractivity contribution is 0.498. The summed E-state index contributed by atoms with van der Waals surface area (Å²) in [5.41, 5.74) is 8.17. The van der Waals surface area contributed by atoms with E-state index in [4.69, 9.17) is 17.3 Å². The van der Waals surface area contributed by atoms with Crippen LogP contribution in [0, 0.1) is 0 Å². The third kappa shape index (κ3) is 2.46. The molecule has 2 rings (SSSR count). The highest BCUT2D eigenvalue weighted by atomic mass is 79.9. The molecule has 1 unspecified atom stereocenters. The molecule has 5 heteroatoms. The highest BCUT2D eigenvalue weighted by Gasteiger charge is 2.21. The number of aromatic nitrogens is 2. The topological polar surface area (TPSA) is 43.8 Å². The summed E-state index contributed by atoms with van der Waals surface area (Å²) < 4.78 is 2.82. The summed E-state index contributed by atoms with van der Waals surface area (Å²) in [6.45, 7) is 4.14. The smallest absolute Gasteiger partial charge is 0.0749 e. The quantitative estimate of drug-likeness (QED) is 0.928. The zero-order valence-electron chi connectivity index (χ0n) is 10.3. The lowest BCUT2D eigenvalue weighted by Crippen LogP contribution is -2.19. The van der Waals surface area contributed by atoms with Gasteiger partial charge in [0.2, 0.25) is 0 Å². The summed E-state index contributed by atoms with van der Waals surface area (Å²) in [4.78, 5) is 0. The first-order valence-corrected chi connectivity index (χ1v) is 6.92. The van der Waals surface area contributed by atoms with Gasteiger partial charge in [0.25, 0.3) is 0 Å². The van der Waals surface area contributed by atoms with E-state index in [-0.39, 0.29) is 12.1 Å². The van der Waals surface area contributed by atoms with E-state index in [1.54, 1.807) is 6.20 Å². The van der Waals surface area contributed by atoms with Gasteiger partial charge in [-0.3, -0.25) is 4.68 Å². The van der Waals surface area contributed by atoms with Crippen LogP contribution < -0.4 is 5.73 Å². The lowest BCUT2D eigenvalue weighted by Gasteiger charge is -2.18. The Kier molecular flexibility index (Phi) is 4.10. The van der Waals surface area contributed by atoms with Crippen LogP contribution in [0.2, 0.25) is 5.02 Å². The Balaban J connectivity index is 2.49. The van der Waals surface area contributed by atoms with Crippen LogP contribution in [-0.2, 0) is 0 Å². The number of nitrogens with two attached hydrogens (primary N) is 1. The second kappa shape index (κ2) is 5.43. The Morgan fingerprint density at radius 1 is 1.33 bits per heavy atom. The molecule has 0 radical (unpaired) electrons. The minimum absolute atomic E-state index is 0.250. The van der Waals surface area contributed by atoms with Gasteiger partial charge in [-0.1, -0.05) is 29.8 Å². The van der Waals surface area contributed by atoms with E-state index in [9.17, 15) is 0 Å². The molecule has 3 nitrogen and oxygen atoms in total. The predicted octanol–water partition coefficient (Wildman–Crippen LogP) is 3.93. The molecule has 1 heterocycles. The molecule has 0 spiro atoms. The maximum absolute atomic E-state index is 6.33. The van der Waals surface area contributed by atoms with Gasteiger partial charge in [-0.15, -0.1) is 0 Å². The van der Waals surface area contributed by atoms with Crippen molar-refractivity contribution in [1.29, 1.82) is 0 Å². The van der Waals surface area contributed by atoms with E-state index in [0.717, 1.165) is 15.7 Å². The van der Waals surface area contributed by atoms with Crippen molar-refractivity contribution in [2.24, 2.45) is 5.73 Å². The first-order valence-electron chi connectivity index (χ1n) is 5.75. The van der Waals surface area contributed by atoms with Gasteiger partial charge in [0.05, 0.1) is 22.4 Å². The number of hydrogen-bond donors (Lipinski definition) is 1. The molecule has 0 amide bonds. The maximum atomic E-state index is 6.33. The van der Waals surface area contributed by atoms with Crippen molar-refractivity contribution in [2.75, 3.05) is 0 Å². The average Bonchev–Trinajstić information content (AvgIpc) is 2.71. The van der Waals surface area contributed by atoms with Crippen molar-refractivity contribution in [2.45, 2.75) is 25.9 Å². The van der Waals surface area contributed by atoms with Crippen molar-refractivity contribution in [3.8, 4) is 0 Å². The minimum Gasteiger partial charge on any atom is -0.319 e. The van der Waals surface area contributed by atoms with Gasteiger partial charge in [-0.2, -0.15) is 5.10 Å². The fourth-order valence-electron chi connectivity index (χ4n) is 1.93. The molecule has 0 aliphatic carbocycles. The monoisotopic (exact) mass is 327 g/mol. The van der Waals surface area contributed by atoms with Crippen molar-refractivity contribution in [1.82, 2.24) is 9.78 Å². The molecule has 1 aromatic carbocycles. The van der Waals surface area contributed by atoms with Crippen LogP contribution in [0.5, 0.6) is 0 Å². The van der Waals surface area contributed by atoms with Crippen LogP contribution >= 0.6 is 27.5 Å². The highest BCUT2D eigenvalue weighted by Crippen LogP contribution is 2.31. The highest BCUT2D eigenvalue weighted by molar-refractivity contribution is 9.10. The Hall–Kier alpha value is -0.840. The van der Waals surface area contributed by atoms with Crippen LogP contribution in [0.4, 0.5) is 0 Å². The Labute approximate surface area is 120 Å². The van der Waals surface area contributed by atoms with Crippen LogP contribution in [0.3, 0.4) is 0 Å². The Morgan fingerprint density at radius 3 is 2.61 bits per heavy atom. The van der Waals surface area contributed by atoms with Gasteiger partial charge in [0.1, 0.15) is 0 Å². The summed E-state index contributed by atoms with van der Waals surface area (Å²) in [5, 5.41) is 5.01. The first-order chi connectivity index (χ1) is 8.52. The van der Waals surface area contributed by atoms with E-state index in [2.05, 4.69) is 34.9 Å². The number of rotatable bonds is 3. The summed E-state index contributed by atoms with van der Waals surface area (Å²) in [6, 6.07) is 7.58. The van der Waals surface area contributed by atoms with Crippen LogP contribution in [0.15, 0.2) is 34.9 Å². The zero-order valence-corrected chi connectivity index (χ0v) is 12.6. The normalized spacial score (nSPS) is 13.0. The minimum atomic E-state index is -0.294. The van der Waals surface area contributed by atoms with Gasteiger partial charge in [-0.05, 0) is 41.4 Å². The molecular formula is C13H15BrClN3. The van der Waals surface area contributed by atoms with Crippen LogP contribution in [-0.4, -0.2) is 9.78 Å². The Morgan fingerprint density at radius 2 is 2.00 bits per heavy atom. The van der Waals surface area contributed by atoms with Gasteiger partial charge < -0.3 is 5.73 Å². The standard InChI is InChI=1S/C13H15BrClN3/c1-8(2)18-13(10(14)7-17-18)12(16)9-5-3-4-6-11(9)15/h3-8,12H,16H2,1-2H3. The molecule has 96 valence electrons. The molecule has 1 aromatic heterocycles. The molecule has 1 atom stereocenters. The molecule has 0 fully saturated rings. The van der Waals surface area contributed by atoms with E-state index in [0.29, 0.717) is 5.02 Å². The van der Waals surface area contributed by atoms with E-state index >= 15 is 0 Å². The third-order valence-corrected chi connectivity index (χ3v) is 3.77. The SMILES string of the molecule is CC(C)n1ncc(Br)c1C(N)c1ccccc1Cl. The van der Waals surface area contributed by atoms with Crippen molar-refractivity contribution < 1.29 is 0 Å². The van der Waals surface area contributed by atoms with Crippen LogP contribution in [0.25, 0.3) is 0 Å². The summed E-state index contributed by atoms with van der Waals surface area (Å²) in [6.07, 6.45) is 1.77. The van der Waals surface area contributed by atoms with Crippen molar-refractivity contribution in [3.05, 3.63) is 51.2 Å². The predicted molar refractivity (Wildman–Crippen MR) is 77.8 cm³/mol. The first kappa shape index (κ1) is 13.6. The number of benzene rings is 1. The fraction of sp³-hybridized carbons (Fsp3) is 0.308. The number of halogens is 2. The molecule has 0 saturated carbocycles. The summed E-state index contributed by atoms with van der Waals surface area (Å²) in [7, 11) is 0. The van der Waals surface area contributed by atoms with Gasteiger partial charge in [-0.25, -0.2) is 0 Å². The average molecular weight is 329 g/mol. The van der Waals surface area contributed by atoms with Crippen LogP contribution in [0.1, 0.15) is 37.2 Å². The molecule has 2 aromatic rings. The summed E-state index contributed by atoms with van der Waals surface area (Å²) in [5.74, 6) is 0. The largest absolute Gasteiger partial charge is 0.319 e. The second-order valence-corrected chi connectivity index (χ2v) is 5.68. The van der Waals surface area contributed by atoms with E-state index in [1.807, 2.05) is 28.9 Å². The fourth-order valence-corrected chi connectivity index (χ4v) is 2.70. The second-order valence-electron chi connectivity index (χ2n) is 4.42. The molecule has 0 aliphatic rings.